The number of rotatable bonds is 7. The van der Waals surface area contributed by atoms with Gasteiger partial charge >= 0.3 is 16.5 Å². The lowest BCUT2D eigenvalue weighted by Crippen LogP contribution is -2.28. The molecule has 0 saturated heterocycles. The van der Waals surface area contributed by atoms with Crippen LogP contribution in [0.4, 0.5) is 3.89 Å². The number of carbonyl (C=O) groups is 1. The average molecular weight is 450 g/mol. The molecule has 2 aromatic rings. The quantitative estimate of drug-likeness (QED) is 0.638. The maximum absolute atomic E-state index is 13.6. The van der Waals surface area contributed by atoms with E-state index in [-0.39, 0.29) is 12.4 Å². The van der Waals surface area contributed by atoms with Gasteiger partial charge in [0.25, 0.3) is 0 Å². The summed E-state index contributed by atoms with van der Waals surface area (Å²) in [6.07, 6.45) is 0.727. The van der Waals surface area contributed by atoms with E-state index in [0.717, 1.165) is 6.42 Å². The highest BCUT2D eigenvalue weighted by Crippen LogP contribution is 2.53. The van der Waals surface area contributed by atoms with Crippen LogP contribution in [-0.2, 0) is 24.9 Å². The Morgan fingerprint density at radius 2 is 1.94 bits per heavy atom. The van der Waals surface area contributed by atoms with Crippen molar-refractivity contribution < 1.29 is 40.6 Å². The normalized spacial score (nSPS) is 19.3. The topological polar surface area (TPSA) is 108 Å². The number of ether oxygens (including phenoxy) is 3. The predicted molar refractivity (Wildman–Crippen MR) is 107 cm³/mol. The second kappa shape index (κ2) is 7.45. The fourth-order valence-electron chi connectivity index (χ4n) is 3.96. The molecule has 0 unspecified atom stereocenters. The second-order valence-electron chi connectivity index (χ2n) is 7.23. The van der Waals surface area contributed by atoms with Gasteiger partial charge in [-0.1, -0.05) is 22.9 Å². The predicted octanol–water partition coefficient (Wildman–Crippen LogP) is 3.55. The van der Waals surface area contributed by atoms with E-state index in [4.69, 9.17) is 14.2 Å². The van der Waals surface area contributed by atoms with Gasteiger partial charge in [-0.15, -0.1) is 0 Å². The first-order valence-corrected chi connectivity index (χ1v) is 10.8. The lowest BCUT2D eigenvalue weighted by atomic mass is 9.73. The Balaban J connectivity index is 1.97. The summed E-state index contributed by atoms with van der Waals surface area (Å²) in [7, 11) is -5.50. The van der Waals surface area contributed by atoms with E-state index in [1.165, 1.54) is 6.07 Å². The molecule has 1 heterocycles. The van der Waals surface area contributed by atoms with Crippen molar-refractivity contribution in [1.82, 2.24) is 0 Å². The number of fused-ring (bicyclic) bond motifs is 2. The van der Waals surface area contributed by atoms with Gasteiger partial charge in [-0.3, -0.25) is 0 Å². The molecule has 2 aliphatic rings. The first-order chi connectivity index (χ1) is 14.6. The van der Waals surface area contributed by atoms with Crippen LogP contribution >= 0.6 is 0 Å². The fraction of sp³-hybridized carbons (Fsp3) is 0.286. The van der Waals surface area contributed by atoms with Gasteiger partial charge in [-0.05, 0) is 48.7 Å². The van der Waals surface area contributed by atoms with E-state index in [1.807, 2.05) is 6.92 Å². The van der Waals surface area contributed by atoms with Crippen LogP contribution in [0, 0.1) is 0 Å². The molecule has 164 valence electrons. The second-order valence-corrected chi connectivity index (χ2v) is 8.19. The van der Waals surface area contributed by atoms with Gasteiger partial charge in [0.1, 0.15) is 5.75 Å². The zero-order valence-electron chi connectivity index (χ0n) is 16.7. The van der Waals surface area contributed by atoms with E-state index >= 15 is 0 Å². The number of hydrogen-bond donors (Lipinski definition) is 1. The Morgan fingerprint density at radius 1 is 1.19 bits per heavy atom. The number of hydrogen-bond acceptors (Lipinski definition) is 7. The summed E-state index contributed by atoms with van der Waals surface area (Å²) >= 11 is 0. The monoisotopic (exact) mass is 450 g/mol. The Hall–Kier alpha value is -3.27. The summed E-state index contributed by atoms with van der Waals surface area (Å²) in [6, 6.07) is 9.61. The molecule has 0 aromatic heterocycles. The van der Waals surface area contributed by atoms with Crippen molar-refractivity contribution in [2.75, 3.05) is 13.4 Å². The molecule has 0 amide bonds. The minimum Gasteiger partial charge on any atom is -0.494 e. The van der Waals surface area contributed by atoms with Crippen LogP contribution in [0.1, 0.15) is 37.0 Å². The summed E-state index contributed by atoms with van der Waals surface area (Å²) in [5.74, 6) is -0.756. The molecule has 0 radical (unpaired) electrons. The van der Waals surface area contributed by atoms with Crippen molar-refractivity contribution in [3.05, 3.63) is 58.7 Å². The maximum atomic E-state index is 13.6. The zero-order chi connectivity index (χ0) is 22.4. The van der Waals surface area contributed by atoms with Crippen molar-refractivity contribution in [1.29, 1.82) is 0 Å². The zero-order valence-corrected chi connectivity index (χ0v) is 17.5. The molecule has 1 atom stereocenters. The van der Waals surface area contributed by atoms with Crippen LogP contribution in [0.5, 0.6) is 17.2 Å². The Kier molecular flexibility index (Phi) is 5.04. The van der Waals surface area contributed by atoms with Gasteiger partial charge in [0, 0.05) is 5.56 Å². The molecule has 10 heteroatoms. The van der Waals surface area contributed by atoms with Crippen LogP contribution in [0.3, 0.4) is 0 Å². The third kappa shape index (κ3) is 3.56. The van der Waals surface area contributed by atoms with E-state index in [0.29, 0.717) is 35.0 Å². The third-order valence-electron chi connectivity index (χ3n) is 5.32. The van der Waals surface area contributed by atoms with Crippen molar-refractivity contribution in [2.45, 2.75) is 25.7 Å². The molecule has 0 saturated carbocycles. The van der Waals surface area contributed by atoms with Crippen molar-refractivity contribution >= 4 is 22.2 Å². The molecule has 4 rings (SSSR count). The number of carboxylic acid groups (broad SMARTS) is 1. The molecule has 31 heavy (non-hydrogen) atoms. The van der Waals surface area contributed by atoms with Crippen LogP contribution in [-0.4, -0.2) is 32.9 Å². The SMILES string of the molecule is CCCOc1ccc2c(c1)C(OS(=O)(=O)F)=C(C(=O)O)[C@@]2(C)c1ccc2c(c1)OCO2. The van der Waals surface area contributed by atoms with Gasteiger partial charge in [-0.25, -0.2) is 4.79 Å². The molecule has 2 aromatic carbocycles. The largest absolute Gasteiger partial charge is 0.494 e. The fourth-order valence-corrected chi connectivity index (χ4v) is 4.33. The molecular formula is C21H19FO8S. The standard InChI is InChI=1S/C21H19FO8S/c1-3-8-27-13-5-6-15-14(10-13)19(30-31(22,25)26)18(20(23)24)21(15,2)12-4-7-16-17(9-12)29-11-28-16/h4-7,9-10H,3,8,11H2,1-2H3,(H,23,24)/t21-/m0/s1. The lowest BCUT2D eigenvalue weighted by Gasteiger charge is -2.28. The highest BCUT2D eigenvalue weighted by molar-refractivity contribution is 7.81. The number of aliphatic carboxylic acids is 1. The number of halogens is 1. The van der Waals surface area contributed by atoms with Crippen molar-refractivity contribution in [3.63, 3.8) is 0 Å². The van der Waals surface area contributed by atoms with Crippen LogP contribution in [0.2, 0.25) is 0 Å². The summed E-state index contributed by atoms with van der Waals surface area (Å²) < 4.78 is 57.1. The smallest absolute Gasteiger partial charge is 0.488 e. The van der Waals surface area contributed by atoms with E-state index in [9.17, 15) is 22.2 Å². The van der Waals surface area contributed by atoms with Gasteiger partial charge in [0.15, 0.2) is 17.3 Å². The Morgan fingerprint density at radius 3 is 2.61 bits per heavy atom. The average Bonchev–Trinajstić information content (AvgIpc) is 3.26. The van der Waals surface area contributed by atoms with E-state index < -0.39 is 33.2 Å². The first-order valence-electron chi connectivity index (χ1n) is 9.45. The van der Waals surface area contributed by atoms with Crippen LogP contribution < -0.4 is 14.2 Å². The molecular weight excluding hydrogens is 431 g/mol. The summed E-state index contributed by atoms with van der Waals surface area (Å²) in [5, 5.41) is 10.0. The number of benzene rings is 2. The molecule has 0 spiro atoms. The van der Waals surface area contributed by atoms with Gasteiger partial charge in [-0.2, -0.15) is 8.42 Å². The lowest BCUT2D eigenvalue weighted by molar-refractivity contribution is -0.133. The third-order valence-corrected chi connectivity index (χ3v) is 5.69. The van der Waals surface area contributed by atoms with Gasteiger partial charge in [0.05, 0.1) is 17.6 Å². The Labute approximate surface area is 178 Å². The highest BCUT2D eigenvalue weighted by atomic mass is 32.3. The van der Waals surface area contributed by atoms with Gasteiger partial charge < -0.3 is 23.5 Å². The molecule has 8 nitrogen and oxygen atoms in total. The van der Waals surface area contributed by atoms with E-state index in [2.05, 4.69) is 4.18 Å². The minimum absolute atomic E-state index is 0.0281. The molecule has 0 fully saturated rings. The minimum atomic E-state index is -5.50. The molecule has 1 N–H and O–H groups in total. The summed E-state index contributed by atoms with van der Waals surface area (Å²) in [6.45, 7) is 3.93. The maximum Gasteiger partial charge on any atom is 0.488 e. The number of carboxylic acids is 1. The van der Waals surface area contributed by atoms with Crippen molar-refractivity contribution in [2.24, 2.45) is 0 Å². The van der Waals surface area contributed by atoms with E-state index in [1.54, 1.807) is 37.3 Å². The summed E-state index contributed by atoms with van der Waals surface area (Å²) in [4.78, 5) is 12.3. The van der Waals surface area contributed by atoms with Gasteiger partial charge in [0.2, 0.25) is 6.79 Å². The highest BCUT2D eigenvalue weighted by Gasteiger charge is 2.49. The molecule has 1 aliphatic heterocycles. The summed E-state index contributed by atoms with van der Waals surface area (Å²) in [5.41, 5.74) is -0.771. The van der Waals surface area contributed by atoms with Crippen molar-refractivity contribution in [3.8, 4) is 17.2 Å². The molecule has 1 aliphatic carbocycles. The van der Waals surface area contributed by atoms with Crippen LogP contribution in [0.25, 0.3) is 5.76 Å². The van der Waals surface area contributed by atoms with Crippen LogP contribution in [0.15, 0.2) is 42.0 Å². The first kappa shape index (κ1) is 21.0. The Bertz CT molecular complexity index is 1200. The molecule has 0 bridgehead atoms.